The van der Waals surface area contributed by atoms with Crippen LogP contribution in [0.2, 0.25) is 0 Å². The van der Waals surface area contributed by atoms with Crippen LogP contribution in [0.5, 0.6) is 11.5 Å². The predicted molar refractivity (Wildman–Crippen MR) is 102 cm³/mol. The van der Waals surface area contributed by atoms with Crippen LogP contribution in [-0.4, -0.2) is 31.2 Å². The maximum Gasteiger partial charge on any atom is 0.347 e. The number of esters is 1. The first-order chi connectivity index (χ1) is 13.4. The van der Waals surface area contributed by atoms with E-state index in [1.807, 2.05) is 24.3 Å². The monoisotopic (exact) mass is 382 g/mol. The number of benzene rings is 2. The summed E-state index contributed by atoms with van der Waals surface area (Å²) >= 11 is 0. The SMILES string of the molecule is COc1ccccc1CNC(=O)[C@H](C)OC(=O)[C@@H](C)Oc1ccc(C#N)cc1. The molecule has 2 aromatic rings. The van der Waals surface area contributed by atoms with E-state index in [2.05, 4.69) is 5.32 Å². The van der Waals surface area contributed by atoms with Crippen molar-refractivity contribution in [1.82, 2.24) is 5.32 Å². The summed E-state index contributed by atoms with van der Waals surface area (Å²) in [5.41, 5.74) is 1.30. The van der Waals surface area contributed by atoms with Crippen LogP contribution in [0.4, 0.5) is 0 Å². The summed E-state index contributed by atoms with van der Waals surface area (Å²) in [5.74, 6) is 0.00254. The summed E-state index contributed by atoms with van der Waals surface area (Å²) in [5, 5.41) is 11.5. The summed E-state index contributed by atoms with van der Waals surface area (Å²) in [6, 6.07) is 15.7. The fraction of sp³-hybridized carbons (Fsp3) is 0.286. The fourth-order valence-electron chi connectivity index (χ4n) is 2.36. The average molecular weight is 382 g/mol. The van der Waals surface area contributed by atoms with Crippen molar-refractivity contribution in [2.75, 3.05) is 7.11 Å². The standard InChI is InChI=1S/C21H22N2O5/c1-14(20(24)23-13-17-6-4-5-7-19(17)26-3)28-21(25)15(2)27-18-10-8-16(12-22)9-11-18/h4-11,14-15H,13H2,1-3H3,(H,23,24)/t14-,15+/m0/s1. The first kappa shape index (κ1) is 20.8. The Kier molecular flexibility index (Phi) is 7.40. The number of para-hydroxylation sites is 1. The highest BCUT2D eigenvalue weighted by atomic mass is 16.6. The van der Waals surface area contributed by atoms with Gasteiger partial charge in [-0.25, -0.2) is 4.79 Å². The molecule has 7 heteroatoms. The Hall–Kier alpha value is -3.53. The van der Waals surface area contributed by atoms with Gasteiger partial charge in [-0.05, 0) is 44.2 Å². The molecule has 0 spiro atoms. The number of rotatable bonds is 8. The molecular formula is C21H22N2O5. The molecule has 1 amide bonds. The molecule has 2 aromatic carbocycles. The van der Waals surface area contributed by atoms with E-state index >= 15 is 0 Å². The first-order valence-corrected chi connectivity index (χ1v) is 8.71. The summed E-state index contributed by atoms with van der Waals surface area (Å²) in [7, 11) is 1.56. The molecule has 28 heavy (non-hydrogen) atoms. The minimum absolute atomic E-state index is 0.252. The van der Waals surface area contributed by atoms with Crippen molar-refractivity contribution in [3.8, 4) is 17.6 Å². The van der Waals surface area contributed by atoms with Gasteiger partial charge in [0.15, 0.2) is 12.2 Å². The number of nitrogens with zero attached hydrogens (tertiary/aromatic N) is 1. The predicted octanol–water partition coefficient (Wildman–Crippen LogP) is 2.58. The number of methoxy groups -OCH3 is 1. The quantitative estimate of drug-likeness (QED) is 0.705. The number of carbonyl (C=O) groups excluding carboxylic acids is 2. The Morgan fingerprint density at radius 1 is 1.07 bits per heavy atom. The van der Waals surface area contributed by atoms with Gasteiger partial charge in [0.05, 0.1) is 18.7 Å². The van der Waals surface area contributed by atoms with E-state index in [9.17, 15) is 9.59 Å². The smallest absolute Gasteiger partial charge is 0.347 e. The van der Waals surface area contributed by atoms with Crippen LogP contribution in [0, 0.1) is 11.3 Å². The lowest BCUT2D eigenvalue weighted by atomic mass is 10.2. The van der Waals surface area contributed by atoms with Gasteiger partial charge in [-0.1, -0.05) is 18.2 Å². The molecule has 2 rings (SSSR count). The molecule has 0 unspecified atom stereocenters. The number of hydrogen-bond donors (Lipinski definition) is 1. The van der Waals surface area contributed by atoms with Gasteiger partial charge >= 0.3 is 5.97 Å². The van der Waals surface area contributed by atoms with Crippen LogP contribution in [0.15, 0.2) is 48.5 Å². The number of nitrogens with one attached hydrogen (secondary N) is 1. The average Bonchev–Trinajstić information content (AvgIpc) is 2.72. The minimum atomic E-state index is -0.978. The summed E-state index contributed by atoms with van der Waals surface area (Å²) in [6.45, 7) is 3.27. The molecule has 146 valence electrons. The molecule has 0 bridgehead atoms. The molecule has 0 fully saturated rings. The summed E-state index contributed by atoms with van der Waals surface area (Å²) in [6.07, 6.45) is -1.88. The highest BCUT2D eigenvalue weighted by Gasteiger charge is 2.23. The molecule has 0 radical (unpaired) electrons. The lowest BCUT2D eigenvalue weighted by Crippen LogP contribution is -2.38. The van der Waals surface area contributed by atoms with E-state index in [1.54, 1.807) is 37.4 Å². The Morgan fingerprint density at radius 2 is 1.75 bits per heavy atom. The van der Waals surface area contributed by atoms with Crippen molar-refractivity contribution < 1.29 is 23.8 Å². The molecule has 1 N–H and O–H groups in total. The number of carbonyl (C=O) groups is 2. The van der Waals surface area contributed by atoms with Crippen molar-refractivity contribution in [3.63, 3.8) is 0 Å². The number of amides is 1. The molecule has 7 nitrogen and oxygen atoms in total. The van der Waals surface area contributed by atoms with E-state index < -0.39 is 24.1 Å². The number of hydrogen-bond acceptors (Lipinski definition) is 6. The van der Waals surface area contributed by atoms with Gasteiger partial charge in [0.2, 0.25) is 0 Å². The summed E-state index contributed by atoms with van der Waals surface area (Å²) in [4.78, 5) is 24.4. The van der Waals surface area contributed by atoms with Crippen molar-refractivity contribution in [3.05, 3.63) is 59.7 Å². The minimum Gasteiger partial charge on any atom is -0.496 e. The van der Waals surface area contributed by atoms with Gasteiger partial charge < -0.3 is 19.5 Å². The highest BCUT2D eigenvalue weighted by Crippen LogP contribution is 2.17. The largest absolute Gasteiger partial charge is 0.496 e. The van der Waals surface area contributed by atoms with E-state index in [-0.39, 0.29) is 6.54 Å². The number of nitriles is 1. The van der Waals surface area contributed by atoms with Crippen LogP contribution in [-0.2, 0) is 20.9 Å². The zero-order valence-corrected chi connectivity index (χ0v) is 16.0. The van der Waals surface area contributed by atoms with Crippen molar-refractivity contribution in [2.24, 2.45) is 0 Å². The van der Waals surface area contributed by atoms with Crippen LogP contribution in [0.1, 0.15) is 25.0 Å². The fourth-order valence-corrected chi connectivity index (χ4v) is 2.36. The second kappa shape index (κ2) is 9.97. The van der Waals surface area contributed by atoms with Gasteiger partial charge in [-0.3, -0.25) is 4.79 Å². The lowest BCUT2D eigenvalue weighted by molar-refractivity contribution is -0.160. The third kappa shape index (κ3) is 5.74. The van der Waals surface area contributed by atoms with Crippen LogP contribution < -0.4 is 14.8 Å². The molecule has 0 heterocycles. The highest BCUT2D eigenvalue weighted by molar-refractivity contribution is 5.84. The van der Waals surface area contributed by atoms with Crippen LogP contribution in [0.3, 0.4) is 0 Å². The van der Waals surface area contributed by atoms with Gasteiger partial charge in [-0.15, -0.1) is 0 Å². The maximum absolute atomic E-state index is 12.2. The Labute approximate surface area is 163 Å². The van der Waals surface area contributed by atoms with Crippen LogP contribution in [0.25, 0.3) is 0 Å². The van der Waals surface area contributed by atoms with E-state index in [0.29, 0.717) is 17.1 Å². The molecule has 0 aliphatic rings. The lowest BCUT2D eigenvalue weighted by Gasteiger charge is -2.18. The zero-order valence-electron chi connectivity index (χ0n) is 16.0. The van der Waals surface area contributed by atoms with Gasteiger partial charge in [-0.2, -0.15) is 5.26 Å². The molecular weight excluding hydrogens is 360 g/mol. The van der Waals surface area contributed by atoms with Gasteiger partial charge in [0, 0.05) is 12.1 Å². The normalized spacial score (nSPS) is 12.2. The second-order valence-electron chi connectivity index (χ2n) is 6.01. The van der Waals surface area contributed by atoms with Crippen LogP contribution >= 0.6 is 0 Å². The number of ether oxygens (including phenoxy) is 3. The molecule has 0 aliphatic carbocycles. The maximum atomic E-state index is 12.2. The Bertz CT molecular complexity index is 858. The second-order valence-corrected chi connectivity index (χ2v) is 6.01. The molecule has 0 aliphatic heterocycles. The Balaban J connectivity index is 1.84. The van der Waals surface area contributed by atoms with Gasteiger partial charge in [0.25, 0.3) is 5.91 Å². The molecule has 2 atom stereocenters. The Morgan fingerprint density at radius 3 is 2.39 bits per heavy atom. The van der Waals surface area contributed by atoms with E-state index in [1.165, 1.54) is 13.8 Å². The zero-order chi connectivity index (χ0) is 20.5. The first-order valence-electron chi connectivity index (χ1n) is 8.71. The third-order valence-electron chi connectivity index (χ3n) is 3.94. The molecule has 0 saturated carbocycles. The van der Waals surface area contributed by atoms with Crippen molar-refractivity contribution >= 4 is 11.9 Å². The van der Waals surface area contributed by atoms with E-state index in [0.717, 1.165) is 5.56 Å². The topological polar surface area (TPSA) is 97.7 Å². The van der Waals surface area contributed by atoms with Crippen molar-refractivity contribution in [1.29, 1.82) is 5.26 Å². The molecule has 0 aromatic heterocycles. The summed E-state index contributed by atoms with van der Waals surface area (Å²) < 4.78 is 15.9. The molecule has 0 saturated heterocycles. The van der Waals surface area contributed by atoms with Gasteiger partial charge in [0.1, 0.15) is 11.5 Å². The van der Waals surface area contributed by atoms with Crippen molar-refractivity contribution in [2.45, 2.75) is 32.6 Å². The third-order valence-corrected chi connectivity index (χ3v) is 3.94. The van der Waals surface area contributed by atoms with E-state index in [4.69, 9.17) is 19.5 Å².